The number of cyclic esters (lactones) is 1. The highest BCUT2D eigenvalue weighted by atomic mass is 16.5. The average molecular weight is 337 g/mol. The number of nitrogens with zero attached hydrogens (tertiary/aromatic N) is 1. The monoisotopic (exact) mass is 337 g/mol. The molecule has 1 aliphatic rings. The van der Waals surface area contributed by atoms with E-state index in [1.165, 1.54) is 4.90 Å². The van der Waals surface area contributed by atoms with Gasteiger partial charge in [-0.2, -0.15) is 0 Å². The van der Waals surface area contributed by atoms with Crippen LogP contribution < -0.4 is 4.90 Å². The molecule has 0 aliphatic carbocycles. The van der Waals surface area contributed by atoms with Crippen molar-refractivity contribution in [2.75, 3.05) is 24.7 Å². The number of anilines is 1. The molecule has 1 heterocycles. The van der Waals surface area contributed by atoms with Crippen molar-refractivity contribution in [1.29, 1.82) is 0 Å². The van der Waals surface area contributed by atoms with Crippen LogP contribution in [0.15, 0.2) is 36.4 Å². The Hall–Kier alpha value is -2.84. The summed E-state index contributed by atoms with van der Waals surface area (Å²) in [6.07, 6.45) is 5.63. The van der Waals surface area contributed by atoms with Crippen LogP contribution >= 0.6 is 0 Å². The van der Waals surface area contributed by atoms with Crippen molar-refractivity contribution in [2.24, 2.45) is 0 Å². The zero-order valence-corrected chi connectivity index (χ0v) is 14.0. The van der Waals surface area contributed by atoms with Crippen LogP contribution in [0, 0.1) is 19.3 Å². The summed E-state index contributed by atoms with van der Waals surface area (Å²) < 4.78 is 10.3. The maximum atomic E-state index is 12.9. The molecule has 1 fully saturated rings. The van der Waals surface area contributed by atoms with Crippen LogP contribution in [-0.2, 0) is 19.1 Å². The SMILES string of the molecule is C#CCOCC(=O)N(c1c(C)ccc2ccccc12)C1CCOC1=O. The first-order valence-electron chi connectivity index (χ1n) is 8.11. The minimum absolute atomic E-state index is 0.0449. The summed E-state index contributed by atoms with van der Waals surface area (Å²) in [5, 5.41) is 1.91. The second kappa shape index (κ2) is 7.37. The van der Waals surface area contributed by atoms with E-state index >= 15 is 0 Å². The standard InChI is InChI=1S/C20H19NO4/c1-3-11-24-13-18(22)21(17-10-12-25-20(17)23)19-14(2)8-9-15-6-4-5-7-16(15)19/h1,4-9,17H,10-13H2,2H3. The van der Waals surface area contributed by atoms with E-state index < -0.39 is 12.0 Å². The number of hydrogen-bond acceptors (Lipinski definition) is 4. The van der Waals surface area contributed by atoms with E-state index in [1.807, 2.05) is 43.3 Å². The van der Waals surface area contributed by atoms with E-state index in [0.29, 0.717) is 13.0 Å². The number of benzene rings is 2. The van der Waals surface area contributed by atoms with Crippen LogP contribution in [0.3, 0.4) is 0 Å². The summed E-state index contributed by atoms with van der Waals surface area (Å²) >= 11 is 0. The van der Waals surface area contributed by atoms with Gasteiger partial charge in [-0.3, -0.25) is 9.69 Å². The molecule has 0 radical (unpaired) electrons. The van der Waals surface area contributed by atoms with Crippen LogP contribution in [0.5, 0.6) is 0 Å². The summed E-state index contributed by atoms with van der Waals surface area (Å²) in [5.41, 5.74) is 1.62. The molecule has 1 amide bonds. The number of amides is 1. The third kappa shape index (κ3) is 3.35. The fraction of sp³-hybridized carbons (Fsp3) is 0.300. The Bertz CT molecular complexity index is 852. The predicted octanol–water partition coefficient (Wildman–Crippen LogP) is 2.45. The van der Waals surface area contributed by atoms with Gasteiger partial charge in [0, 0.05) is 11.8 Å². The van der Waals surface area contributed by atoms with Gasteiger partial charge >= 0.3 is 5.97 Å². The largest absolute Gasteiger partial charge is 0.464 e. The molecule has 0 N–H and O–H groups in total. The van der Waals surface area contributed by atoms with Crippen molar-refractivity contribution in [3.63, 3.8) is 0 Å². The summed E-state index contributed by atoms with van der Waals surface area (Å²) in [4.78, 5) is 26.6. The molecular weight excluding hydrogens is 318 g/mol. The lowest BCUT2D eigenvalue weighted by Gasteiger charge is -2.29. The first kappa shape index (κ1) is 17.0. The van der Waals surface area contributed by atoms with Gasteiger partial charge in [-0.15, -0.1) is 6.42 Å². The molecular formula is C20H19NO4. The van der Waals surface area contributed by atoms with Crippen molar-refractivity contribution >= 4 is 28.3 Å². The number of rotatable bonds is 5. The first-order valence-corrected chi connectivity index (χ1v) is 8.11. The molecule has 1 aliphatic heterocycles. The van der Waals surface area contributed by atoms with Gasteiger partial charge in [-0.1, -0.05) is 42.3 Å². The number of aryl methyl sites for hydroxylation is 1. The molecule has 3 rings (SSSR count). The number of fused-ring (bicyclic) bond motifs is 1. The molecule has 0 spiro atoms. The molecule has 0 aromatic heterocycles. The minimum Gasteiger partial charge on any atom is -0.464 e. The molecule has 5 heteroatoms. The second-order valence-corrected chi connectivity index (χ2v) is 5.88. The topological polar surface area (TPSA) is 55.8 Å². The van der Waals surface area contributed by atoms with Gasteiger partial charge in [0.25, 0.3) is 5.91 Å². The molecule has 1 atom stereocenters. The van der Waals surface area contributed by atoms with Gasteiger partial charge in [-0.25, -0.2) is 4.79 Å². The lowest BCUT2D eigenvalue weighted by Crippen LogP contribution is -2.45. The average Bonchev–Trinajstić information content (AvgIpc) is 3.03. The van der Waals surface area contributed by atoms with E-state index in [-0.39, 0.29) is 19.1 Å². The zero-order valence-electron chi connectivity index (χ0n) is 14.0. The third-order valence-corrected chi connectivity index (χ3v) is 4.24. The molecule has 25 heavy (non-hydrogen) atoms. The highest BCUT2D eigenvalue weighted by Gasteiger charge is 2.37. The lowest BCUT2D eigenvalue weighted by atomic mass is 10.0. The molecule has 1 unspecified atom stereocenters. The van der Waals surface area contributed by atoms with Gasteiger partial charge in [0.1, 0.15) is 19.3 Å². The number of carbonyl (C=O) groups excluding carboxylic acids is 2. The number of esters is 1. The smallest absolute Gasteiger partial charge is 0.329 e. The summed E-state index contributed by atoms with van der Waals surface area (Å²) in [7, 11) is 0. The van der Waals surface area contributed by atoms with Crippen molar-refractivity contribution in [1.82, 2.24) is 0 Å². The summed E-state index contributed by atoms with van der Waals surface area (Å²) in [6.45, 7) is 2.09. The normalized spacial score (nSPS) is 16.5. The fourth-order valence-corrected chi connectivity index (χ4v) is 3.12. The second-order valence-electron chi connectivity index (χ2n) is 5.88. The Morgan fingerprint density at radius 3 is 2.88 bits per heavy atom. The van der Waals surface area contributed by atoms with Gasteiger partial charge in [0.2, 0.25) is 0 Å². The molecule has 1 saturated heterocycles. The molecule has 0 saturated carbocycles. The van der Waals surface area contributed by atoms with E-state index in [9.17, 15) is 9.59 Å². The van der Waals surface area contributed by atoms with E-state index in [2.05, 4.69) is 5.92 Å². The van der Waals surface area contributed by atoms with Gasteiger partial charge in [-0.05, 0) is 17.9 Å². The first-order chi connectivity index (χ1) is 12.1. The van der Waals surface area contributed by atoms with Crippen molar-refractivity contribution in [2.45, 2.75) is 19.4 Å². The molecule has 0 bridgehead atoms. The Labute approximate surface area is 146 Å². The van der Waals surface area contributed by atoms with Crippen molar-refractivity contribution in [3.05, 3.63) is 42.0 Å². The van der Waals surface area contributed by atoms with Gasteiger partial charge in [0.15, 0.2) is 0 Å². The number of terminal acetylenes is 1. The van der Waals surface area contributed by atoms with Crippen LogP contribution in [0.4, 0.5) is 5.69 Å². The van der Waals surface area contributed by atoms with Crippen molar-refractivity contribution < 1.29 is 19.1 Å². The highest BCUT2D eigenvalue weighted by Crippen LogP contribution is 2.34. The zero-order chi connectivity index (χ0) is 17.8. The third-order valence-electron chi connectivity index (χ3n) is 4.24. The van der Waals surface area contributed by atoms with E-state index in [0.717, 1.165) is 22.0 Å². The molecule has 128 valence electrons. The Morgan fingerprint density at radius 2 is 2.16 bits per heavy atom. The Morgan fingerprint density at radius 1 is 1.36 bits per heavy atom. The maximum absolute atomic E-state index is 12.9. The van der Waals surface area contributed by atoms with Crippen LogP contribution in [0.1, 0.15) is 12.0 Å². The quantitative estimate of drug-likeness (QED) is 0.478. The van der Waals surface area contributed by atoms with Gasteiger partial charge < -0.3 is 9.47 Å². The molecule has 5 nitrogen and oxygen atoms in total. The molecule has 2 aromatic rings. The Balaban J connectivity index is 2.08. The number of ether oxygens (including phenoxy) is 2. The van der Waals surface area contributed by atoms with E-state index in [1.54, 1.807) is 0 Å². The molecule has 2 aromatic carbocycles. The van der Waals surface area contributed by atoms with Crippen LogP contribution in [-0.4, -0.2) is 37.7 Å². The van der Waals surface area contributed by atoms with Crippen LogP contribution in [0.2, 0.25) is 0 Å². The van der Waals surface area contributed by atoms with Crippen LogP contribution in [0.25, 0.3) is 10.8 Å². The lowest BCUT2D eigenvalue weighted by molar-refractivity contribution is -0.140. The van der Waals surface area contributed by atoms with Gasteiger partial charge in [0.05, 0.1) is 12.3 Å². The van der Waals surface area contributed by atoms with Crippen molar-refractivity contribution in [3.8, 4) is 12.3 Å². The fourth-order valence-electron chi connectivity index (χ4n) is 3.12. The Kier molecular flexibility index (Phi) is 5.01. The summed E-state index contributed by atoms with van der Waals surface area (Å²) in [6, 6.07) is 11.1. The summed E-state index contributed by atoms with van der Waals surface area (Å²) in [5.74, 6) is 1.64. The highest BCUT2D eigenvalue weighted by molar-refractivity contribution is 6.08. The van der Waals surface area contributed by atoms with E-state index in [4.69, 9.17) is 15.9 Å². The number of hydrogen-bond donors (Lipinski definition) is 0. The maximum Gasteiger partial charge on any atom is 0.329 e. The predicted molar refractivity (Wildman–Crippen MR) is 95.2 cm³/mol. The minimum atomic E-state index is -0.647. The number of carbonyl (C=O) groups is 2.